The van der Waals surface area contributed by atoms with E-state index in [4.69, 9.17) is 4.74 Å². The summed E-state index contributed by atoms with van der Waals surface area (Å²) in [6.07, 6.45) is 1.87. The van der Waals surface area contributed by atoms with Gasteiger partial charge >= 0.3 is 0 Å². The van der Waals surface area contributed by atoms with Crippen LogP contribution in [-0.4, -0.2) is 31.4 Å². The largest absolute Gasteiger partial charge is 0.379 e. The molecule has 0 atom stereocenters. The summed E-state index contributed by atoms with van der Waals surface area (Å²) in [5, 5.41) is 2.72. The first-order valence-corrected chi connectivity index (χ1v) is 6.00. The molecule has 0 aliphatic rings. The van der Waals surface area contributed by atoms with Crippen LogP contribution in [0.25, 0.3) is 0 Å². The fraction of sp³-hybridized carbons (Fsp3) is 0.833. The molecule has 16 heavy (non-hydrogen) atoms. The van der Waals surface area contributed by atoms with Crippen LogP contribution in [0.15, 0.2) is 0 Å². The summed E-state index contributed by atoms with van der Waals surface area (Å²) in [6, 6.07) is 0. The standard InChI is InChI=1S/C10H19NO3.C2H6.H2/c1-3-4-10(13)11-6-8-14-7-5-9(2)12;1-2;/h3-8H2,1-2H3,(H,11,13);1-2H3;1H. The fourth-order valence-corrected chi connectivity index (χ4v) is 0.896. The molecular formula is C12H27NO3. The second kappa shape index (κ2) is 14.1. The van der Waals surface area contributed by atoms with Crippen molar-refractivity contribution in [2.75, 3.05) is 19.8 Å². The number of carbonyl (C=O) groups excluding carboxylic acids is 2. The summed E-state index contributed by atoms with van der Waals surface area (Å²) in [5.41, 5.74) is 0. The molecular weight excluding hydrogens is 206 g/mol. The van der Waals surface area contributed by atoms with E-state index in [1.54, 1.807) is 0 Å². The van der Waals surface area contributed by atoms with Crippen LogP contribution in [0, 0.1) is 0 Å². The number of Topliss-reactive ketones (excluding diaryl/α,β-unsaturated/α-hetero) is 1. The van der Waals surface area contributed by atoms with Crippen molar-refractivity contribution in [1.29, 1.82) is 0 Å². The van der Waals surface area contributed by atoms with E-state index in [1.165, 1.54) is 6.92 Å². The average molecular weight is 233 g/mol. The van der Waals surface area contributed by atoms with Gasteiger partial charge in [-0.1, -0.05) is 20.8 Å². The zero-order valence-electron chi connectivity index (χ0n) is 11.0. The molecule has 1 amide bonds. The molecule has 0 saturated heterocycles. The third-order valence-electron chi connectivity index (χ3n) is 1.64. The quantitative estimate of drug-likeness (QED) is 0.654. The van der Waals surface area contributed by atoms with Crippen molar-refractivity contribution >= 4 is 11.7 Å². The number of rotatable bonds is 8. The van der Waals surface area contributed by atoms with Gasteiger partial charge in [-0.2, -0.15) is 0 Å². The van der Waals surface area contributed by atoms with Gasteiger partial charge < -0.3 is 10.1 Å². The highest BCUT2D eigenvalue weighted by Gasteiger charge is 1.97. The molecule has 0 rings (SSSR count). The monoisotopic (exact) mass is 233 g/mol. The predicted octanol–water partition coefficient (Wildman–Crippen LogP) is 2.17. The fourth-order valence-electron chi connectivity index (χ4n) is 0.896. The summed E-state index contributed by atoms with van der Waals surface area (Å²) < 4.78 is 5.14. The Balaban J connectivity index is -0.000000616. The first kappa shape index (κ1) is 17.5. The molecule has 0 unspecified atom stereocenters. The molecule has 4 nitrogen and oxygen atoms in total. The lowest BCUT2D eigenvalue weighted by Crippen LogP contribution is -2.26. The lowest BCUT2D eigenvalue weighted by Gasteiger charge is -2.04. The Morgan fingerprint density at radius 2 is 1.81 bits per heavy atom. The van der Waals surface area contributed by atoms with Gasteiger partial charge in [0.1, 0.15) is 5.78 Å². The van der Waals surface area contributed by atoms with E-state index in [2.05, 4.69) is 5.32 Å². The third kappa shape index (κ3) is 15.6. The van der Waals surface area contributed by atoms with Crippen molar-refractivity contribution in [2.24, 2.45) is 0 Å². The Labute approximate surface area is 100 Å². The van der Waals surface area contributed by atoms with Gasteiger partial charge in [-0.3, -0.25) is 9.59 Å². The highest BCUT2D eigenvalue weighted by molar-refractivity contribution is 5.75. The molecule has 0 aliphatic heterocycles. The molecule has 0 aromatic heterocycles. The van der Waals surface area contributed by atoms with Crippen molar-refractivity contribution in [3.8, 4) is 0 Å². The van der Waals surface area contributed by atoms with Gasteiger partial charge in [0, 0.05) is 20.8 Å². The van der Waals surface area contributed by atoms with Gasteiger partial charge in [0.05, 0.1) is 13.2 Å². The predicted molar refractivity (Wildman–Crippen MR) is 67.5 cm³/mol. The molecule has 98 valence electrons. The molecule has 0 saturated carbocycles. The Kier molecular flexibility index (Phi) is 15.4. The van der Waals surface area contributed by atoms with Crippen molar-refractivity contribution in [3.05, 3.63) is 0 Å². The van der Waals surface area contributed by atoms with Crippen molar-refractivity contribution in [2.45, 2.75) is 47.0 Å². The summed E-state index contributed by atoms with van der Waals surface area (Å²) >= 11 is 0. The van der Waals surface area contributed by atoms with Crippen LogP contribution < -0.4 is 5.32 Å². The number of hydrogen-bond donors (Lipinski definition) is 1. The van der Waals surface area contributed by atoms with E-state index >= 15 is 0 Å². The van der Waals surface area contributed by atoms with Gasteiger partial charge in [0.2, 0.25) is 5.91 Å². The van der Waals surface area contributed by atoms with Gasteiger partial charge in [0.15, 0.2) is 0 Å². The lowest BCUT2D eigenvalue weighted by molar-refractivity contribution is -0.122. The zero-order chi connectivity index (χ0) is 12.8. The highest BCUT2D eigenvalue weighted by atomic mass is 16.5. The second-order valence-electron chi connectivity index (χ2n) is 3.16. The molecule has 0 radical (unpaired) electrons. The maximum atomic E-state index is 11.0. The van der Waals surface area contributed by atoms with Crippen LogP contribution in [0.3, 0.4) is 0 Å². The van der Waals surface area contributed by atoms with Gasteiger partial charge in [-0.05, 0) is 13.3 Å². The molecule has 0 aromatic carbocycles. The number of carbonyl (C=O) groups is 2. The van der Waals surface area contributed by atoms with Gasteiger partial charge in [0.25, 0.3) is 0 Å². The summed E-state index contributed by atoms with van der Waals surface area (Å²) in [6.45, 7) is 8.94. The van der Waals surface area contributed by atoms with Crippen LogP contribution in [0.1, 0.15) is 48.4 Å². The summed E-state index contributed by atoms with van der Waals surface area (Å²) in [5.74, 6) is 0.183. The minimum Gasteiger partial charge on any atom is -0.379 e. The minimum absolute atomic E-state index is 0. The van der Waals surface area contributed by atoms with E-state index in [0.29, 0.717) is 32.6 Å². The van der Waals surface area contributed by atoms with Crippen molar-refractivity contribution < 1.29 is 15.8 Å². The lowest BCUT2D eigenvalue weighted by atomic mass is 10.3. The minimum atomic E-state index is 0. The first-order chi connectivity index (χ1) is 7.66. The molecule has 4 heteroatoms. The molecule has 0 fully saturated rings. The number of amides is 1. The van der Waals surface area contributed by atoms with Crippen LogP contribution in [-0.2, 0) is 14.3 Å². The zero-order valence-corrected chi connectivity index (χ0v) is 11.0. The second-order valence-corrected chi connectivity index (χ2v) is 3.16. The molecule has 0 bridgehead atoms. The van der Waals surface area contributed by atoms with E-state index in [1.807, 2.05) is 20.8 Å². The highest BCUT2D eigenvalue weighted by Crippen LogP contribution is 1.86. The Morgan fingerprint density at radius 1 is 1.19 bits per heavy atom. The number of nitrogens with one attached hydrogen (secondary N) is 1. The maximum absolute atomic E-state index is 11.0. The van der Waals surface area contributed by atoms with E-state index in [9.17, 15) is 9.59 Å². The van der Waals surface area contributed by atoms with Crippen molar-refractivity contribution in [1.82, 2.24) is 5.32 Å². The van der Waals surface area contributed by atoms with E-state index in [-0.39, 0.29) is 13.1 Å². The molecule has 0 aromatic rings. The van der Waals surface area contributed by atoms with Crippen LogP contribution in [0.5, 0.6) is 0 Å². The first-order valence-electron chi connectivity index (χ1n) is 6.00. The Hall–Kier alpha value is -0.900. The number of hydrogen-bond acceptors (Lipinski definition) is 3. The molecule has 1 N–H and O–H groups in total. The normalized spacial score (nSPS) is 9.00. The van der Waals surface area contributed by atoms with Gasteiger partial charge in [-0.15, -0.1) is 0 Å². The van der Waals surface area contributed by atoms with E-state index < -0.39 is 0 Å². The molecule has 0 aliphatic carbocycles. The average Bonchev–Trinajstić information content (AvgIpc) is 2.26. The van der Waals surface area contributed by atoms with Gasteiger partial charge in [-0.25, -0.2) is 0 Å². The van der Waals surface area contributed by atoms with Crippen LogP contribution in [0.2, 0.25) is 0 Å². The summed E-state index contributed by atoms with van der Waals surface area (Å²) in [4.78, 5) is 21.5. The number of ketones is 1. The molecule has 0 spiro atoms. The smallest absolute Gasteiger partial charge is 0.220 e. The SMILES string of the molecule is CC.CCCC(=O)NCCOCCC(C)=O.[HH]. The van der Waals surface area contributed by atoms with Crippen LogP contribution >= 0.6 is 0 Å². The maximum Gasteiger partial charge on any atom is 0.220 e. The molecule has 0 heterocycles. The Morgan fingerprint density at radius 3 is 2.31 bits per heavy atom. The summed E-state index contributed by atoms with van der Waals surface area (Å²) in [7, 11) is 0. The van der Waals surface area contributed by atoms with Crippen molar-refractivity contribution in [3.63, 3.8) is 0 Å². The number of ether oxygens (including phenoxy) is 1. The van der Waals surface area contributed by atoms with Crippen LogP contribution in [0.4, 0.5) is 0 Å². The topological polar surface area (TPSA) is 55.4 Å². The Bertz CT molecular complexity index is 187. The third-order valence-corrected chi connectivity index (χ3v) is 1.64. The van der Waals surface area contributed by atoms with E-state index in [0.717, 1.165) is 6.42 Å².